The number of cyclic esters (lactones) is 1. The van der Waals surface area contributed by atoms with Crippen molar-refractivity contribution in [3.8, 4) is 0 Å². The average molecular weight is 301 g/mol. The van der Waals surface area contributed by atoms with Crippen LogP contribution < -0.4 is 0 Å². The SMILES string of the molecule is CCN(C(=O)C1(C)Cc2ccccc2C(=O)O1)C1CCCC1. The van der Waals surface area contributed by atoms with Crippen molar-refractivity contribution in [2.75, 3.05) is 6.54 Å². The summed E-state index contributed by atoms with van der Waals surface area (Å²) in [7, 11) is 0. The van der Waals surface area contributed by atoms with Gasteiger partial charge in [-0.3, -0.25) is 4.79 Å². The Morgan fingerprint density at radius 1 is 1.32 bits per heavy atom. The molecule has 4 heteroatoms. The van der Waals surface area contributed by atoms with E-state index in [1.807, 2.05) is 30.0 Å². The van der Waals surface area contributed by atoms with Crippen LogP contribution in [0.5, 0.6) is 0 Å². The molecule has 4 nitrogen and oxygen atoms in total. The lowest BCUT2D eigenvalue weighted by atomic mass is 9.88. The second-order valence-electron chi connectivity index (χ2n) is 6.48. The van der Waals surface area contributed by atoms with Gasteiger partial charge < -0.3 is 9.64 Å². The standard InChI is InChI=1S/C18H23NO3/c1-3-19(14-9-5-6-10-14)17(21)18(2)12-13-8-4-7-11-15(13)16(20)22-18/h4,7-8,11,14H,3,5-6,9-10,12H2,1-2H3. The number of carbonyl (C=O) groups is 2. The molecule has 118 valence electrons. The molecule has 0 bridgehead atoms. The Balaban J connectivity index is 1.87. The third-order valence-electron chi connectivity index (χ3n) is 4.90. The maximum Gasteiger partial charge on any atom is 0.339 e. The first-order valence-electron chi connectivity index (χ1n) is 8.17. The van der Waals surface area contributed by atoms with Gasteiger partial charge >= 0.3 is 5.97 Å². The van der Waals surface area contributed by atoms with Crippen LogP contribution in [0.2, 0.25) is 0 Å². The van der Waals surface area contributed by atoms with E-state index >= 15 is 0 Å². The van der Waals surface area contributed by atoms with Gasteiger partial charge in [0.25, 0.3) is 5.91 Å². The molecular formula is C18H23NO3. The molecule has 22 heavy (non-hydrogen) atoms. The molecule has 0 aromatic heterocycles. The van der Waals surface area contributed by atoms with E-state index in [2.05, 4.69) is 0 Å². The molecule has 1 amide bonds. The molecule has 1 unspecified atom stereocenters. The zero-order valence-corrected chi connectivity index (χ0v) is 13.3. The number of amides is 1. The average Bonchev–Trinajstić information content (AvgIpc) is 3.02. The highest BCUT2D eigenvalue weighted by atomic mass is 16.6. The number of fused-ring (bicyclic) bond motifs is 1. The van der Waals surface area contributed by atoms with Crippen molar-refractivity contribution in [3.05, 3.63) is 35.4 Å². The normalized spacial score (nSPS) is 24.7. The Bertz CT molecular complexity index is 592. The van der Waals surface area contributed by atoms with Gasteiger partial charge in [0.05, 0.1) is 5.56 Å². The summed E-state index contributed by atoms with van der Waals surface area (Å²) in [6.45, 7) is 4.41. The lowest BCUT2D eigenvalue weighted by Crippen LogP contribution is -2.55. The van der Waals surface area contributed by atoms with Crippen LogP contribution in [0.3, 0.4) is 0 Å². The second kappa shape index (κ2) is 5.75. The van der Waals surface area contributed by atoms with Gasteiger partial charge in [-0.25, -0.2) is 4.79 Å². The molecule has 3 rings (SSSR count). The summed E-state index contributed by atoms with van der Waals surface area (Å²) >= 11 is 0. The number of carbonyl (C=O) groups excluding carboxylic acids is 2. The van der Waals surface area contributed by atoms with Crippen LogP contribution >= 0.6 is 0 Å². The van der Waals surface area contributed by atoms with E-state index in [0.29, 0.717) is 24.6 Å². The number of ether oxygens (including phenoxy) is 1. The number of nitrogens with zero attached hydrogens (tertiary/aromatic N) is 1. The van der Waals surface area contributed by atoms with Crippen molar-refractivity contribution in [3.63, 3.8) is 0 Å². The van der Waals surface area contributed by atoms with Crippen molar-refractivity contribution in [1.82, 2.24) is 4.90 Å². The van der Waals surface area contributed by atoms with Crippen LogP contribution in [0, 0.1) is 0 Å². The monoisotopic (exact) mass is 301 g/mol. The fourth-order valence-electron chi connectivity index (χ4n) is 3.74. The van der Waals surface area contributed by atoms with E-state index in [-0.39, 0.29) is 11.9 Å². The van der Waals surface area contributed by atoms with Crippen LogP contribution in [0.4, 0.5) is 0 Å². The second-order valence-corrected chi connectivity index (χ2v) is 6.48. The molecule has 1 aliphatic carbocycles. The summed E-state index contributed by atoms with van der Waals surface area (Å²) in [5, 5.41) is 0. The Morgan fingerprint density at radius 2 is 2.00 bits per heavy atom. The first-order valence-corrected chi connectivity index (χ1v) is 8.17. The van der Waals surface area contributed by atoms with Gasteiger partial charge in [-0.1, -0.05) is 31.0 Å². The minimum atomic E-state index is -1.08. The Kier molecular flexibility index (Phi) is 3.94. The number of rotatable bonds is 3. The van der Waals surface area contributed by atoms with E-state index < -0.39 is 5.60 Å². The highest BCUT2D eigenvalue weighted by Crippen LogP contribution is 2.32. The molecule has 1 fully saturated rings. The molecule has 0 spiro atoms. The fraction of sp³-hybridized carbons (Fsp3) is 0.556. The van der Waals surface area contributed by atoms with E-state index in [1.54, 1.807) is 13.0 Å². The number of hydrogen-bond acceptors (Lipinski definition) is 3. The molecule has 2 aliphatic rings. The Morgan fingerprint density at radius 3 is 2.68 bits per heavy atom. The summed E-state index contributed by atoms with van der Waals surface area (Å²) in [5.74, 6) is -0.440. The third kappa shape index (κ3) is 2.51. The number of hydrogen-bond donors (Lipinski definition) is 0. The van der Waals surface area contributed by atoms with Gasteiger partial charge in [0.2, 0.25) is 0 Å². The number of likely N-dealkylation sites (N-methyl/N-ethyl adjacent to an activating group) is 1. The van der Waals surface area contributed by atoms with Crippen LogP contribution in [0.15, 0.2) is 24.3 Å². The van der Waals surface area contributed by atoms with Gasteiger partial charge in [-0.2, -0.15) is 0 Å². The zero-order chi connectivity index (χ0) is 15.7. The zero-order valence-electron chi connectivity index (χ0n) is 13.3. The summed E-state index contributed by atoms with van der Waals surface area (Å²) in [6.07, 6.45) is 4.92. The number of esters is 1. The molecule has 0 saturated heterocycles. The minimum absolute atomic E-state index is 0.0512. The molecular weight excluding hydrogens is 278 g/mol. The van der Waals surface area contributed by atoms with Gasteiger partial charge in [0, 0.05) is 19.0 Å². The molecule has 1 aliphatic heterocycles. The largest absolute Gasteiger partial charge is 0.445 e. The molecule has 0 N–H and O–H groups in total. The van der Waals surface area contributed by atoms with Crippen LogP contribution in [-0.2, 0) is 16.0 Å². The highest BCUT2D eigenvalue weighted by molar-refractivity contribution is 5.97. The Labute approximate surface area is 131 Å². The predicted molar refractivity (Wildman–Crippen MR) is 83.6 cm³/mol. The molecule has 1 aromatic rings. The van der Waals surface area contributed by atoms with Crippen LogP contribution in [-0.4, -0.2) is 35.0 Å². The molecule has 1 saturated carbocycles. The van der Waals surface area contributed by atoms with Crippen molar-refractivity contribution < 1.29 is 14.3 Å². The Hall–Kier alpha value is -1.84. The molecule has 0 radical (unpaired) electrons. The van der Waals surface area contributed by atoms with E-state index in [4.69, 9.17) is 4.74 Å². The maximum atomic E-state index is 13.0. The van der Waals surface area contributed by atoms with Crippen molar-refractivity contribution in [2.24, 2.45) is 0 Å². The highest BCUT2D eigenvalue weighted by Gasteiger charge is 2.46. The molecule has 1 atom stereocenters. The summed E-state index contributed by atoms with van der Waals surface area (Å²) < 4.78 is 5.57. The first kappa shape index (κ1) is 15.1. The summed E-state index contributed by atoms with van der Waals surface area (Å²) in [5.41, 5.74) is 0.401. The smallest absolute Gasteiger partial charge is 0.339 e. The van der Waals surface area contributed by atoms with Gasteiger partial charge in [0.1, 0.15) is 0 Å². The van der Waals surface area contributed by atoms with E-state index in [1.165, 1.54) is 12.8 Å². The van der Waals surface area contributed by atoms with E-state index in [9.17, 15) is 9.59 Å². The van der Waals surface area contributed by atoms with Crippen molar-refractivity contribution >= 4 is 11.9 Å². The van der Waals surface area contributed by atoms with Crippen LogP contribution in [0.25, 0.3) is 0 Å². The predicted octanol–water partition coefficient (Wildman–Crippen LogP) is 2.95. The fourth-order valence-corrected chi connectivity index (χ4v) is 3.74. The lowest BCUT2D eigenvalue weighted by Gasteiger charge is -2.39. The third-order valence-corrected chi connectivity index (χ3v) is 4.90. The first-order chi connectivity index (χ1) is 10.5. The lowest BCUT2D eigenvalue weighted by molar-refractivity contribution is -0.153. The van der Waals surface area contributed by atoms with Gasteiger partial charge in [0.15, 0.2) is 5.60 Å². The van der Waals surface area contributed by atoms with Crippen molar-refractivity contribution in [1.29, 1.82) is 0 Å². The van der Waals surface area contributed by atoms with Gasteiger partial charge in [-0.05, 0) is 38.3 Å². The van der Waals surface area contributed by atoms with Crippen LogP contribution in [0.1, 0.15) is 55.5 Å². The maximum absolute atomic E-state index is 13.0. The molecule has 1 aromatic carbocycles. The van der Waals surface area contributed by atoms with Crippen molar-refractivity contribution in [2.45, 2.75) is 57.6 Å². The van der Waals surface area contributed by atoms with Gasteiger partial charge in [-0.15, -0.1) is 0 Å². The summed E-state index contributed by atoms with van der Waals surface area (Å²) in [4.78, 5) is 27.2. The summed E-state index contributed by atoms with van der Waals surface area (Å²) in [6, 6.07) is 7.69. The quantitative estimate of drug-likeness (QED) is 0.806. The topological polar surface area (TPSA) is 46.6 Å². The molecule has 1 heterocycles. The minimum Gasteiger partial charge on any atom is -0.445 e. The number of benzene rings is 1. The van der Waals surface area contributed by atoms with E-state index in [0.717, 1.165) is 18.4 Å².